The minimum Gasteiger partial charge on any atom is -0.398 e. The molecular formula is C16H17FN2O. The average molecular weight is 272 g/mol. The van der Waals surface area contributed by atoms with Gasteiger partial charge in [0.15, 0.2) is 0 Å². The number of carbonyl (C=O) groups is 1. The summed E-state index contributed by atoms with van der Waals surface area (Å²) in [6.07, 6.45) is 0. The Hall–Kier alpha value is -2.36. The monoisotopic (exact) mass is 272 g/mol. The number of hydrogen-bond donors (Lipinski definition) is 1. The zero-order valence-corrected chi connectivity index (χ0v) is 11.6. The second kappa shape index (κ2) is 5.74. The number of rotatable bonds is 3. The van der Waals surface area contributed by atoms with Crippen LogP contribution in [0.25, 0.3) is 0 Å². The number of nitrogens with two attached hydrogens (primary N) is 1. The summed E-state index contributed by atoms with van der Waals surface area (Å²) >= 11 is 0. The topological polar surface area (TPSA) is 46.3 Å². The fourth-order valence-electron chi connectivity index (χ4n) is 2.04. The number of amides is 1. The predicted octanol–water partition coefficient (Wildman–Crippen LogP) is 2.99. The van der Waals surface area contributed by atoms with Gasteiger partial charge in [0.05, 0.1) is 0 Å². The van der Waals surface area contributed by atoms with Crippen molar-refractivity contribution < 1.29 is 9.18 Å². The van der Waals surface area contributed by atoms with Crippen molar-refractivity contribution in [2.24, 2.45) is 0 Å². The Morgan fingerprint density at radius 1 is 1.20 bits per heavy atom. The summed E-state index contributed by atoms with van der Waals surface area (Å²) in [4.78, 5) is 13.9. The molecule has 4 heteroatoms. The largest absolute Gasteiger partial charge is 0.398 e. The van der Waals surface area contributed by atoms with E-state index in [0.29, 0.717) is 16.8 Å². The Bertz CT molecular complexity index is 640. The van der Waals surface area contributed by atoms with Crippen molar-refractivity contribution in [3.05, 3.63) is 65.0 Å². The van der Waals surface area contributed by atoms with Gasteiger partial charge in [0.1, 0.15) is 5.82 Å². The Morgan fingerprint density at radius 3 is 2.60 bits per heavy atom. The van der Waals surface area contributed by atoms with Crippen LogP contribution in [0.3, 0.4) is 0 Å². The minimum atomic E-state index is -0.309. The van der Waals surface area contributed by atoms with E-state index in [0.717, 1.165) is 5.56 Å². The molecule has 0 aliphatic carbocycles. The molecule has 0 unspecified atom stereocenters. The quantitative estimate of drug-likeness (QED) is 0.873. The summed E-state index contributed by atoms with van der Waals surface area (Å²) in [5, 5.41) is 0. The molecule has 2 rings (SSSR count). The molecule has 0 fully saturated rings. The van der Waals surface area contributed by atoms with Crippen molar-refractivity contribution in [2.45, 2.75) is 13.5 Å². The molecule has 0 heterocycles. The number of nitrogen functional groups attached to an aromatic ring is 1. The van der Waals surface area contributed by atoms with E-state index in [1.807, 2.05) is 0 Å². The fourth-order valence-corrected chi connectivity index (χ4v) is 2.04. The maximum Gasteiger partial charge on any atom is 0.254 e. The molecule has 0 radical (unpaired) electrons. The summed E-state index contributed by atoms with van der Waals surface area (Å²) in [5.41, 5.74) is 8.17. The third-order valence-corrected chi connectivity index (χ3v) is 3.32. The molecule has 0 aromatic heterocycles. The van der Waals surface area contributed by atoms with Gasteiger partial charge in [-0.3, -0.25) is 4.79 Å². The van der Waals surface area contributed by atoms with Gasteiger partial charge in [-0.1, -0.05) is 24.3 Å². The zero-order valence-electron chi connectivity index (χ0n) is 11.6. The van der Waals surface area contributed by atoms with Crippen molar-refractivity contribution in [3.63, 3.8) is 0 Å². The van der Waals surface area contributed by atoms with E-state index in [9.17, 15) is 9.18 Å². The van der Waals surface area contributed by atoms with Gasteiger partial charge < -0.3 is 10.6 Å². The third kappa shape index (κ3) is 2.79. The lowest BCUT2D eigenvalue weighted by atomic mass is 10.1. The maximum atomic E-state index is 13.6. The van der Waals surface area contributed by atoms with Crippen LogP contribution in [0.1, 0.15) is 21.5 Å². The second-order valence-electron chi connectivity index (χ2n) is 4.77. The fraction of sp³-hybridized carbons (Fsp3) is 0.188. The normalized spacial score (nSPS) is 10.3. The molecule has 3 nitrogen and oxygen atoms in total. The molecular weight excluding hydrogens is 255 g/mol. The van der Waals surface area contributed by atoms with E-state index in [-0.39, 0.29) is 18.3 Å². The molecule has 0 aliphatic heterocycles. The van der Waals surface area contributed by atoms with Crippen LogP contribution < -0.4 is 5.73 Å². The van der Waals surface area contributed by atoms with Gasteiger partial charge in [-0.25, -0.2) is 4.39 Å². The Labute approximate surface area is 117 Å². The highest BCUT2D eigenvalue weighted by atomic mass is 19.1. The van der Waals surface area contributed by atoms with Crippen LogP contribution in [0, 0.1) is 12.7 Å². The van der Waals surface area contributed by atoms with Gasteiger partial charge in [0.25, 0.3) is 5.91 Å². The van der Waals surface area contributed by atoms with Crippen LogP contribution >= 0.6 is 0 Å². The summed E-state index contributed by atoms with van der Waals surface area (Å²) < 4.78 is 13.6. The molecule has 2 aromatic rings. The number of carbonyl (C=O) groups excluding carboxylic acids is 1. The van der Waals surface area contributed by atoms with Crippen molar-refractivity contribution in [1.82, 2.24) is 4.90 Å². The minimum absolute atomic E-state index is 0.168. The van der Waals surface area contributed by atoms with Gasteiger partial charge >= 0.3 is 0 Å². The first-order valence-corrected chi connectivity index (χ1v) is 6.34. The highest BCUT2D eigenvalue weighted by Gasteiger charge is 2.16. The summed E-state index contributed by atoms with van der Waals surface area (Å²) in [6, 6.07) is 11.7. The summed E-state index contributed by atoms with van der Waals surface area (Å²) in [7, 11) is 1.65. The average Bonchev–Trinajstić information content (AvgIpc) is 2.43. The SMILES string of the molecule is Cc1c(N)cccc1C(=O)N(C)Cc1ccccc1F. The Morgan fingerprint density at radius 2 is 1.90 bits per heavy atom. The molecule has 2 N–H and O–H groups in total. The highest BCUT2D eigenvalue weighted by Crippen LogP contribution is 2.18. The van der Waals surface area contributed by atoms with Gasteiger partial charge in [0, 0.05) is 30.4 Å². The molecule has 0 saturated carbocycles. The van der Waals surface area contributed by atoms with Gasteiger partial charge in [0.2, 0.25) is 0 Å². The molecule has 20 heavy (non-hydrogen) atoms. The first-order chi connectivity index (χ1) is 9.50. The van der Waals surface area contributed by atoms with E-state index in [1.165, 1.54) is 11.0 Å². The molecule has 2 aromatic carbocycles. The lowest BCUT2D eigenvalue weighted by Crippen LogP contribution is -2.27. The van der Waals surface area contributed by atoms with Crippen molar-refractivity contribution in [3.8, 4) is 0 Å². The lowest BCUT2D eigenvalue weighted by molar-refractivity contribution is 0.0783. The van der Waals surface area contributed by atoms with Gasteiger partial charge in [-0.15, -0.1) is 0 Å². The molecule has 0 aliphatic rings. The highest BCUT2D eigenvalue weighted by molar-refractivity contribution is 5.96. The second-order valence-corrected chi connectivity index (χ2v) is 4.77. The van der Waals surface area contributed by atoms with Gasteiger partial charge in [-0.05, 0) is 30.7 Å². The van der Waals surface area contributed by atoms with Crippen LogP contribution in [0.2, 0.25) is 0 Å². The first kappa shape index (κ1) is 14.1. The summed E-state index contributed by atoms with van der Waals surface area (Å²) in [6.45, 7) is 2.03. The smallest absolute Gasteiger partial charge is 0.254 e. The van der Waals surface area contributed by atoms with Crippen LogP contribution in [0.4, 0.5) is 10.1 Å². The van der Waals surface area contributed by atoms with Crippen LogP contribution in [-0.2, 0) is 6.54 Å². The van der Waals surface area contributed by atoms with Crippen LogP contribution in [0.15, 0.2) is 42.5 Å². The number of nitrogens with zero attached hydrogens (tertiary/aromatic N) is 1. The van der Waals surface area contributed by atoms with E-state index >= 15 is 0 Å². The van der Waals surface area contributed by atoms with E-state index in [1.54, 1.807) is 50.4 Å². The maximum absolute atomic E-state index is 13.6. The molecule has 0 spiro atoms. The molecule has 104 valence electrons. The molecule has 0 atom stereocenters. The van der Waals surface area contributed by atoms with Crippen molar-refractivity contribution in [1.29, 1.82) is 0 Å². The number of hydrogen-bond acceptors (Lipinski definition) is 2. The van der Waals surface area contributed by atoms with Gasteiger partial charge in [-0.2, -0.15) is 0 Å². The lowest BCUT2D eigenvalue weighted by Gasteiger charge is -2.19. The Balaban J connectivity index is 2.21. The number of halogens is 1. The zero-order chi connectivity index (χ0) is 14.7. The summed E-state index contributed by atoms with van der Waals surface area (Å²) in [5.74, 6) is -0.477. The first-order valence-electron chi connectivity index (χ1n) is 6.34. The number of benzene rings is 2. The standard InChI is InChI=1S/C16H17FN2O/c1-11-13(7-5-9-15(11)18)16(20)19(2)10-12-6-3-4-8-14(12)17/h3-9H,10,18H2,1-2H3. The van der Waals surface area contributed by atoms with Crippen LogP contribution in [-0.4, -0.2) is 17.9 Å². The van der Waals surface area contributed by atoms with Crippen molar-refractivity contribution >= 4 is 11.6 Å². The Kier molecular flexibility index (Phi) is 4.03. The van der Waals surface area contributed by atoms with Crippen LogP contribution in [0.5, 0.6) is 0 Å². The van der Waals surface area contributed by atoms with E-state index in [4.69, 9.17) is 5.73 Å². The van der Waals surface area contributed by atoms with E-state index < -0.39 is 0 Å². The number of anilines is 1. The third-order valence-electron chi connectivity index (χ3n) is 3.32. The van der Waals surface area contributed by atoms with E-state index in [2.05, 4.69) is 0 Å². The van der Waals surface area contributed by atoms with Crippen molar-refractivity contribution in [2.75, 3.05) is 12.8 Å². The molecule has 0 saturated heterocycles. The molecule has 0 bridgehead atoms. The predicted molar refractivity (Wildman–Crippen MR) is 77.8 cm³/mol. The molecule has 1 amide bonds.